The molecule has 1 saturated carbocycles. The molecule has 0 aromatic carbocycles. The molecule has 0 radical (unpaired) electrons. The molecule has 0 aliphatic heterocycles. The first-order chi connectivity index (χ1) is 10.4. The maximum Gasteiger partial charge on any atom is 0.317 e. The standard InChI is InChI=1S/C16H24N2O4/c1-4-13-6-10(3)15(22-13)16(21)17-11-7-12(8-11)18(5-2)9-14(19)20/h6,11-12H,4-5,7-9H2,1-3H3,(H,17,21)(H,19,20). The number of carbonyl (C=O) groups excluding carboxylic acids is 1. The minimum absolute atomic E-state index is 0.0545. The highest BCUT2D eigenvalue weighted by Gasteiger charge is 2.35. The lowest BCUT2D eigenvalue weighted by Crippen LogP contribution is -2.54. The van der Waals surface area contributed by atoms with Crippen LogP contribution in [0.25, 0.3) is 0 Å². The minimum Gasteiger partial charge on any atom is -0.480 e. The third kappa shape index (κ3) is 3.68. The van der Waals surface area contributed by atoms with E-state index in [0.29, 0.717) is 12.3 Å². The van der Waals surface area contributed by atoms with Crippen molar-refractivity contribution in [2.75, 3.05) is 13.1 Å². The summed E-state index contributed by atoms with van der Waals surface area (Å²) in [5.74, 6) is 0.209. The first-order valence-corrected chi connectivity index (χ1v) is 7.80. The maximum atomic E-state index is 12.2. The van der Waals surface area contributed by atoms with Crippen molar-refractivity contribution in [3.05, 3.63) is 23.2 Å². The van der Waals surface area contributed by atoms with Gasteiger partial charge in [-0.15, -0.1) is 0 Å². The quantitative estimate of drug-likeness (QED) is 0.803. The Morgan fingerprint density at radius 3 is 2.59 bits per heavy atom. The number of aryl methyl sites for hydroxylation is 2. The lowest BCUT2D eigenvalue weighted by molar-refractivity contribution is -0.139. The molecule has 0 bridgehead atoms. The van der Waals surface area contributed by atoms with Crippen LogP contribution in [0.3, 0.4) is 0 Å². The van der Waals surface area contributed by atoms with Gasteiger partial charge in [-0.2, -0.15) is 0 Å². The van der Waals surface area contributed by atoms with Gasteiger partial charge in [-0.05, 0) is 32.4 Å². The minimum atomic E-state index is -0.812. The van der Waals surface area contributed by atoms with Gasteiger partial charge in [0.25, 0.3) is 5.91 Å². The van der Waals surface area contributed by atoms with Crippen molar-refractivity contribution in [1.82, 2.24) is 10.2 Å². The van der Waals surface area contributed by atoms with Crippen molar-refractivity contribution >= 4 is 11.9 Å². The molecule has 1 fully saturated rings. The molecular formula is C16H24N2O4. The van der Waals surface area contributed by atoms with Crippen LogP contribution in [0.15, 0.2) is 10.5 Å². The van der Waals surface area contributed by atoms with Crippen molar-refractivity contribution in [3.8, 4) is 0 Å². The largest absolute Gasteiger partial charge is 0.480 e. The summed E-state index contributed by atoms with van der Waals surface area (Å²) in [6, 6.07) is 2.22. The number of hydrogen-bond donors (Lipinski definition) is 2. The SMILES string of the molecule is CCc1cc(C)c(C(=O)NC2CC(N(CC)CC(=O)O)C2)o1. The Morgan fingerprint density at radius 2 is 2.09 bits per heavy atom. The second-order valence-electron chi connectivity index (χ2n) is 5.83. The van der Waals surface area contributed by atoms with Gasteiger partial charge >= 0.3 is 5.97 Å². The fourth-order valence-electron chi connectivity index (χ4n) is 2.88. The molecule has 1 aromatic rings. The molecule has 122 valence electrons. The van der Waals surface area contributed by atoms with E-state index in [1.165, 1.54) is 0 Å². The van der Waals surface area contributed by atoms with Crippen LogP contribution in [0.5, 0.6) is 0 Å². The van der Waals surface area contributed by atoms with Gasteiger partial charge in [-0.25, -0.2) is 0 Å². The van der Waals surface area contributed by atoms with Gasteiger partial charge < -0.3 is 14.8 Å². The highest BCUT2D eigenvalue weighted by atomic mass is 16.4. The number of rotatable bonds is 7. The molecule has 0 saturated heterocycles. The van der Waals surface area contributed by atoms with E-state index < -0.39 is 5.97 Å². The topological polar surface area (TPSA) is 82.8 Å². The van der Waals surface area contributed by atoms with E-state index in [-0.39, 0.29) is 24.5 Å². The predicted octanol–water partition coefficient (Wildman–Crippen LogP) is 1.82. The summed E-state index contributed by atoms with van der Waals surface area (Å²) in [6.45, 7) is 6.56. The molecule has 6 nitrogen and oxygen atoms in total. The Balaban J connectivity index is 1.85. The van der Waals surface area contributed by atoms with E-state index in [0.717, 1.165) is 30.6 Å². The summed E-state index contributed by atoms with van der Waals surface area (Å²) >= 11 is 0. The van der Waals surface area contributed by atoms with Gasteiger partial charge in [0, 0.05) is 24.1 Å². The van der Waals surface area contributed by atoms with E-state index in [1.54, 1.807) is 0 Å². The van der Waals surface area contributed by atoms with Gasteiger partial charge in [0.2, 0.25) is 0 Å². The van der Waals surface area contributed by atoms with Gasteiger partial charge in [0.1, 0.15) is 5.76 Å². The Hall–Kier alpha value is -1.82. The van der Waals surface area contributed by atoms with E-state index in [2.05, 4.69) is 5.32 Å². The molecule has 6 heteroatoms. The first kappa shape index (κ1) is 16.5. The van der Waals surface area contributed by atoms with Crippen molar-refractivity contribution in [2.24, 2.45) is 0 Å². The number of hydrogen-bond acceptors (Lipinski definition) is 4. The van der Waals surface area contributed by atoms with E-state index >= 15 is 0 Å². The Bertz CT molecular complexity index is 546. The number of nitrogens with one attached hydrogen (secondary N) is 1. The summed E-state index contributed by atoms with van der Waals surface area (Å²) in [5, 5.41) is 11.8. The van der Waals surface area contributed by atoms with Crippen LogP contribution in [-0.2, 0) is 11.2 Å². The molecule has 1 aliphatic rings. The maximum absolute atomic E-state index is 12.2. The van der Waals surface area contributed by atoms with Gasteiger partial charge in [-0.1, -0.05) is 13.8 Å². The van der Waals surface area contributed by atoms with Gasteiger partial charge in [0.05, 0.1) is 6.54 Å². The summed E-state index contributed by atoms with van der Waals surface area (Å²) in [6.07, 6.45) is 2.33. The summed E-state index contributed by atoms with van der Waals surface area (Å²) in [5.41, 5.74) is 0.853. The molecule has 0 spiro atoms. The average Bonchev–Trinajstić information content (AvgIpc) is 2.81. The number of amides is 1. The molecule has 0 unspecified atom stereocenters. The number of carbonyl (C=O) groups is 2. The van der Waals surface area contributed by atoms with Crippen molar-refractivity contribution < 1.29 is 19.1 Å². The number of carboxylic acid groups (broad SMARTS) is 1. The van der Waals surface area contributed by atoms with Crippen molar-refractivity contribution in [3.63, 3.8) is 0 Å². The van der Waals surface area contributed by atoms with Crippen LogP contribution in [0.4, 0.5) is 0 Å². The Morgan fingerprint density at radius 1 is 1.41 bits per heavy atom. The summed E-state index contributed by atoms with van der Waals surface area (Å²) in [4.78, 5) is 24.9. The Kier molecular flexibility index (Phi) is 5.24. The zero-order valence-corrected chi connectivity index (χ0v) is 13.4. The smallest absolute Gasteiger partial charge is 0.317 e. The summed E-state index contributed by atoms with van der Waals surface area (Å²) in [7, 11) is 0. The van der Waals surface area contributed by atoms with Crippen molar-refractivity contribution in [1.29, 1.82) is 0 Å². The molecule has 1 aliphatic carbocycles. The molecule has 22 heavy (non-hydrogen) atoms. The van der Waals surface area contributed by atoms with E-state index in [9.17, 15) is 9.59 Å². The van der Waals surface area contributed by atoms with Crippen LogP contribution in [0, 0.1) is 6.92 Å². The fraction of sp³-hybridized carbons (Fsp3) is 0.625. The molecule has 2 N–H and O–H groups in total. The van der Waals surface area contributed by atoms with Gasteiger partial charge in [0.15, 0.2) is 5.76 Å². The zero-order chi connectivity index (χ0) is 16.3. The third-order valence-electron chi connectivity index (χ3n) is 4.23. The molecule has 1 aromatic heterocycles. The van der Waals surface area contributed by atoms with Crippen LogP contribution in [-0.4, -0.2) is 47.1 Å². The number of furan rings is 1. The number of nitrogens with zero attached hydrogens (tertiary/aromatic N) is 1. The lowest BCUT2D eigenvalue weighted by Gasteiger charge is -2.42. The van der Waals surface area contributed by atoms with E-state index in [4.69, 9.17) is 9.52 Å². The first-order valence-electron chi connectivity index (χ1n) is 7.80. The third-order valence-corrected chi connectivity index (χ3v) is 4.23. The number of aliphatic carboxylic acids is 1. The van der Waals surface area contributed by atoms with E-state index in [1.807, 2.05) is 31.7 Å². The lowest BCUT2D eigenvalue weighted by atomic mass is 9.85. The second-order valence-corrected chi connectivity index (χ2v) is 5.83. The van der Waals surface area contributed by atoms with Crippen LogP contribution >= 0.6 is 0 Å². The Labute approximate surface area is 130 Å². The second kappa shape index (κ2) is 6.96. The highest BCUT2D eigenvalue weighted by molar-refractivity contribution is 5.93. The fourth-order valence-corrected chi connectivity index (χ4v) is 2.88. The predicted molar refractivity (Wildman–Crippen MR) is 82.0 cm³/mol. The van der Waals surface area contributed by atoms with Crippen LogP contribution in [0.2, 0.25) is 0 Å². The van der Waals surface area contributed by atoms with Crippen LogP contribution in [0.1, 0.15) is 48.6 Å². The monoisotopic (exact) mass is 308 g/mol. The van der Waals surface area contributed by atoms with Gasteiger partial charge in [-0.3, -0.25) is 14.5 Å². The zero-order valence-electron chi connectivity index (χ0n) is 13.4. The molecular weight excluding hydrogens is 284 g/mol. The number of likely N-dealkylation sites (N-methyl/N-ethyl adjacent to an activating group) is 1. The molecule has 1 amide bonds. The normalized spacial score (nSPS) is 20.7. The molecule has 0 atom stereocenters. The molecule has 1 heterocycles. The van der Waals surface area contributed by atoms with Crippen molar-refractivity contribution in [2.45, 2.75) is 52.1 Å². The average molecular weight is 308 g/mol. The molecule has 2 rings (SSSR count). The van der Waals surface area contributed by atoms with Crippen LogP contribution < -0.4 is 5.32 Å². The summed E-state index contributed by atoms with van der Waals surface area (Å²) < 4.78 is 5.54. The highest BCUT2D eigenvalue weighted by Crippen LogP contribution is 2.26. The number of carboxylic acids is 1.